The molecule has 3 N–H and O–H groups in total. The van der Waals surface area contributed by atoms with Crippen molar-refractivity contribution in [2.75, 3.05) is 19.2 Å². The number of hydrazone groups is 1. The predicted molar refractivity (Wildman–Crippen MR) is 119 cm³/mol. The molecule has 1 aliphatic carbocycles. The molecule has 1 aliphatic heterocycles. The molecular weight excluding hydrogens is 401 g/mol. The molecule has 1 fully saturated rings. The number of hydroxylamine groups is 1. The summed E-state index contributed by atoms with van der Waals surface area (Å²) < 4.78 is 18.7. The Morgan fingerprint density at radius 1 is 1.26 bits per heavy atom. The molecule has 1 aromatic carbocycles. The van der Waals surface area contributed by atoms with Gasteiger partial charge in [-0.2, -0.15) is 0 Å². The molecule has 4 rings (SSSR count). The van der Waals surface area contributed by atoms with Crippen molar-refractivity contribution in [3.63, 3.8) is 0 Å². The zero-order chi connectivity index (χ0) is 22.8. The Hall–Kier alpha value is -2.49. The molecule has 1 atom stereocenters. The Morgan fingerprint density at radius 2 is 1.97 bits per heavy atom. The maximum atomic E-state index is 12.8. The number of aliphatic hydroxyl groups excluding tert-OH is 1. The number of aromatic nitrogens is 1. The molecule has 0 saturated heterocycles. The van der Waals surface area contributed by atoms with Crippen molar-refractivity contribution in [3.8, 4) is 0 Å². The number of hydrogen-bond acceptors (Lipinski definition) is 8. The second-order valence-electron chi connectivity index (χ2n) is 8.87. The van der Waals surface area contributed by atoms with E-state index in [9.17, 15) is 4.53 Å². The lowest BCUT2D eigenvalue weighted by Gasteiger charge is -2.28. The van der Waals surface area contributed by atoms with Crippen LogP contribution in [-0.2, 0) is 15.2 Å². The van der Waals surface area contributed by atoms with Gasteiger partial charge < -0.3 is 9.84 Å². The molecule has 0 radical (unpaired) electrons. The highest BCUT2D eigenvalue weighted by Gasteiger charge is 2.28. The molecule has 0 bridgehead atoms. The molecule has 31 heavy (non-hydrogen) atoms. The van der Waals surface area contributed by atoms with E-state index in [0.29, 0.717) is 23.3 Å². The highest BCUT2D eigenvalue weighted by Crippen LogP contribution is 2.35. The van der Waals surface area contributed by atoms with Crippen LogP contribution in [0.2, 0.25) is 0 Å². The van der Waals surface area contributed by atoms with E-state index in [2.05, 4.69) is 41.7 Å². The molecule has 1 unspecified atom stereocenters. The van der Waals surface area contributed by atoms with Crippen LogP contribution in [0.4, 0.5) is 10.2 Å². The second-order valence-corrected chi connectivity index (χ2v) is 8.87. The minimum absolute atomic E-state index is 0.200. The van der Waals surface area contributed by atoms with Crippen LogP contribution in [-0.4, -0.2) is 42.5 Å². The van der Waals surface area contributed by atoms with E-state index in [0.717, 1.165) is 34.2 Å². The number of nitrogens with one attached hydrogen (secondary N) is 2. The highest BCUT2D eigenvalue weighted by atomic mass is 19.3. The zero-order valence-corrected chi connectivity index (χ0v) is 19.0. The largest absolute Gasteiger partial charge is 0.436 e. The summed E-state index contributed by atoms with van der Waals surface area (Å²) >= 11 is 0. The highest BCUT2D eigenvalue weighted by molar-refractivity contribution is 5.98. The number of aliphatic hydroxyl groups is 1. The lowest BCUT2D eigenvalue weighted by Crippen LogP contribution is -2.47. The summed E-state index contributed by atoms with van der Waals surface area (Å²) in [5.41, 5.74) is 6.95. The number of fused-ring (bicyclic) bond motifs is 1. The van der Waals surface area contributed by atoms with Gasteiger partial charge in [0, 0.05) is 25.6 Å². The van der Waals surface area contributed by atoms with Gasteiger partial charge in [-0.05, 0) is 59.0 Å². The Balaban J connectivity index is 0.00000132. The summed E-state index contributed by atoms with van der Waals surface area (Å²) in [6.07, 6.45) is 3.26. The van der Waals surface area contributed by atoms with Gasteiger partial charge in [-0.1, -0.05) is 32.2 Å². The number of aryl methyl sites for hydroxylation is 1. The summed E-state index contributed by atoms with van der Waals surface area (Å²) in [5.74, 6) is 0.472. The molecule has 1 aromatic heterocycles. The minimum atomic E-state index is -0.326. The van der Waals surface area contributed by atoms with Crippen molar-refractivity contribution in [1.29, 1.82) is 0 Å². The lowest BCUT2D eigenvalue weighted by atomic mass is 9.84. The van der Waals surface area contributed by atoms with Gasteiger partial charge in [0.2, 0.25) is 6.35 Å². The van der Waals surface area contributed by atoms with Gasteiger partial charge in [-0.15, -0.1) is 5.10 Å². The van der Waals surface area contributed by atoms with E-state index in [4.69, 9.17) is 14.8 Å². The van der Waals surface area contributed by atoms with E-state index in [1.54, 1.807) is 0 Å². The normalized spacial score (nSPS) is 18.5. The smallest absolute Gasteiger partial charge is 0.259 e. The van der Waals surface area contributed by atoms with Gasteiger partial charge in [0.15, 0.2) is 0 Å². The molecule has 1 saturated carbocycles. The summed E-state index contributed by atoms with van der Waals surface area (Å²) in [5, 5.41) is 20.7. The molecule has 0 spiro atoms. The fraction of sp³-hybridized carbons (Fsp3) is 0.545. The first-order chi connectivity index (χ1) is 14.8. The third kappa shape index (κ3) is 4.89. The Labute approximate surface area is 182 Å². The summed E-state index contributed by atoms with van der Waals surface area (Å²) in [6.45, 7) is 8.33. The van der Waals surface area contributed by atoms with Gasteiger partial charge in [0.1, 0.15) is 5.69 Å². The first kappa shape index (κ1) is 23.2. The fourth-order valence-corrected chi connectivity index (χ4v) is 3.64. The summed E-state index contributed by atoms with van der Waals surface area (Å²) in [6, 6.07) is 6.22. The zero-order valence-electron chi connectivity index (χ0n) is 19.0. The van der Waals surface area contributed by atoms with E-state index < -0.39 is 0 Å². The van der Waals surface area contributed by atoms with Crippen LogP contribution >= 0.6 is 0 Å². The van der Waals surface area contributed by atoms with Crippen LogP contribution in [0.15, 0.2) is 23.3 Å². The Bertz CT molecular complexity index is 956. The van der Waals surface area contributed by atoms with E-state index in [1.807, 2.05) is 25.1 Å². The Morgan fingerprint density at radius 3 is 2.55 bits per heavy atom. The van der Waals surface area contributed by atoms with Gasteiger partial charge in [0.05, 0.1) is 11.2 Å². The average Bonchev–Trinajstić information content (AvgIpc) is 3.19. The van der Waals surface area contributed by atoms with Gasteiger partial charge >= 0.3 is 0 Å². The maximum absolute atomic E-state index is 12.8. The quantitative estimate of drug-likeness (QED) is 0.623. The number of halogens is 1. The molecule has 9 heteroatoms. The number of nitrogens with zero attached hydrogens (tertiary/aromatic N) is 3. The van der Waals surface area contributed by atoms with Crippen LogP contribution in [0.5, 0.6) is 0 Å². The van der Waals surface area contributed by atoms with Crippen molar-refractivity contribution in [3.05, 3.63) is 35.0 Å². The number of anilines is 1. The number of rotatable bonds is 5. The van der Waals surface area contributed by atoms with Crippen molar-refractivity contribution in [2.24, 2.45) is 5.10 Å². The fourth-order valence-electron chi connectivity index (χ4n) is 3.64. The minimum Gasteiger partial charge on any atom is -0.436 e. The van der Waals surface area contributed by atoms with E-state index in [-0.39, 0.29) is 11.8 Å². The topological polar surface area (TPSA) is 91.2 Å². The summed E-state index contributed by atoms with van der Waals surface area (Å²) in [4.78, 5) is 4.88. The SMILES string of the molecule is CO.Cc1cc(C2=NNC(NC3CCC3)O2)nc2c(C(C)(C)C)cc(N(C)OF)cc12. The van der Waals surface area contributed by atoms with Crippen LogP contribution in [0.1, 0.15) is 56.9 Å². The molecule has 0 amide bonds. The van der Waals surface area contributed by atoms with Crippen LogP contribution < -0.4 is 15.8 Å². The molecule has 2 heterocycles. The van der Waals surface area contributed by atoms with Crippen molar-refractivity contribution in [1.82, 2.24) is 15.7 Å². The van der Waals surface area contributed by atoms with Gasteiger partial charge in [-0.25, -0.2) is 10.0 Å². The van der Waals surface area contributed by atoms with Gasteiger partial charge in [-0.3, -0.25) is 10.7 Å². The maximum Gasteiger partial charge on any atom is 0.259 e. The second kappa shape index (κ2) is 9.33. The third-order valence-corrected chi connectivity index (χ3v) is 5.60. The van der Waals surface area contributed by atoms with Crippen LogP contribution in [0.3, 0.4) is 0 Å². The molecule has 170 valence electrons. The third-order valence-electron chi connectivity index (χ3n) is 5.60. The number of ether oxygens (including phenoxy) is 1. The molecule has 8 nitrogen and oxygen atoms in total. The Kier molecular flexibility index (Phi) is 6.98. The predicted octanol–water partition coefficient (Wildman–Crippen LogP) is 3.41. The van der Waals surface area contributed by atoms with Gasteiger partial charge in [0.25, 0.3) is 5.90 Å². The number of hydrogen-bond donors (Lipinski definition) is 3. The number of benzene rings is 1. The number of pyridine rings is 1. The van der Waals surface area contributed by atoms with Crippen molar-refractivity contribution < 1.29 is 19.4 Å². The van der Waals surface area contributed by atoms with Crippen molar-refractivity contribution >= 4 is 22.5 Å². The van der Waals surface area contributed by atoms with E-state index >= 15 is 0 Å². The molecule has 2 aliphatic rings. The molecule has 2 aromatic rings. The summed E-state index contributed by atoms with van der Waals surface area (Å²) in [7, 11) is 2.53. The van der Waals surface area contributed by atoms with Crippen molar-refractivity contribution in [2.45, 2.75) is 64.8 Å². The standard InChI is InChI=1S/C21H28FN5O2.CH4O/c1-12-9-17(19-25-26-20(28-19)23-13-7-6-8-13)24-18-15(12)10-14(27(5)29-22)11-16(18)21(2,3)4;1-2/h9-11,13,20,23,26H,6-8H2,1-5H3;2H,1H3. The van der Waals surface area contributed by atoms with E-state index in [1.165, 1.54) is 26.3 Å². The molecular formula is C22H32FN5O3. The first-order valence-corrected chi connectivity index (χ1v) is 10.5. The van der Waals surface area contributed by atoms with Crippen LogP contribution in [0.25, 0.3) is 10.9 Å². The monoisotopic (exact) mass is 433 g/mol. The van der Waals surface area contributed by atoms with Crippen LogP contribution in [0, 0.1) is 6.92 Å². The lowest BCUT2D eigenvalue weighted by molar-refractivity contribution is -0.141. The average molecular weight is 434 g/mol. The first-order valence-electron chi connectivity index (χ1n) is 10.5.